The van der Waals surface area contributed by atoms with Gasteiger partial charge in [-0.1, -0.05) is 32.3 Å². The molecule has 0 aliphatic heterocycles. The second kappa shape index (κ2) is 8.06. The Kier molecular flexibility index (Phi) is 6.09. The van der Waals surface area contributed by atoms with Gasteiger partial charge in [-0.15, -0.1) is 0 Å². The van der Waals surface area contributed by atoms with Crippen molar-refractivity contribution in [1.82, 2.24) is 0 Å². The van der Waals surface area contributed by atoms with Gasteiger partial charge >= 0.3 is 0 Å². The summed E-state index contributed by atoms with van der Waals surface area (Å²) in [6.45, 7) is 3.31. The van der Waals surface area contributed by atoms with Crippen LogP contribution in [0.2, 0.25) is 0 Å². The molecule has 3 N–H and O–H groups in total. The van der Waals surface area contributed by atoms with E-state index >= 15 is 0 Å². The molecule has 0 heterocycles. The van der Waals surface area contributed by atoms with Crippen molar-refractivity contribution in [3.63, 3.8) is 0 Å². The SMILES string of the molecule is C=CC(=O)Nc1cc(NC(=O)CC2(O)CCCCCC2)ccc1F. The summed E-state index contributed by atoms with van der Waals surface area (Å²) in [4.78, 5) is 23.5. The van der Waals surface area contributed by atoms with E-state index in [9.17, 15) is 19.1 Å². The smallest absolute Gasteiger partial charge is 0.247 e. The van der Waals surface area contributed by atoms with Crippen LogP contribution in [0.15, 0.2) is 30.9 Å². The van der Waals surface area contributed by atoms with Gasteiger partial charge in [-0.25, -0.2) is 4.39 Å². The summed E-state index contributed by atoms with van der Waals surface area (Å²) >= 11 is 0. The molecule has 2 amide bonds. The maximum atomic E-state index is 13.7. The molecule has 24 heavy (non-hydrogen) atoms. The van der Waals surface area contributed by atoms with Crippen molar-refractivity contribution in [3.8, 4) is 0 Å². The van der Waals surface area contributed by atoms with Crippen LogP contribution in [0.5, 0.6) is 0 Å². The number of aliphatic hydroxyl groups is 1. The molecule has 5 nitrogen and oxygen atoms in total. The van der Waals surface area contributed by atoms with Gasteiger partial charge in [0.15, 0.2) is 0 Å². The van der Waals surface area contributed by atoms with Gasteiger partial charge < -0.3 is 15.7 Å². The molecule has 0 saturated heterocycles. The first-order valence-electron chi connectivity index (χ1n) is 8.17. The molecule has 0 bridgehead atoms. The fourth-order valence-electron chi connectivity index (χ4n) is 2.95. The minimum Gasteiger partial charge on any atom is -0.389 e. The zero-order valence-electron chi connectivity index (χ0n) is 13.6. The number of rotatable bonds is 5. The van der Waals surface area contributed by atoms with Gasteiger partial charge in [-0.3, -0.25) is 9.59 Å². The molecule has 1 aliphatic rings. The van der Waals surface area contributed by atoms with E-state index in [0.717, 1.165) is 37.8 Å². The Morgan fingerprint density at radius 2 is 1.88 bits per heavy atom. The number of hydrogen-bond acceptors (Lipinski definition) is 3. The number of benzene rings is 1. The van der Waals surface area contributed by atoms with Gasteiger partial charge in [0.05, 0.1) is 17.7 Å². The van der Waals surface area contributed by atoms with Crippen LogP contribution in [0.25, 0.3) is 0 Å². The van der Waals surface area contributed by atoms with Gasteiger partial charge in [0.25, 0.3) is 0 Å². The standard InChI is InChI=1S/C18H23FN2O3/c1-2-16(22)21-15-11-13(7-8-14(15)19)20-17(23)12-18(24)9-5-3-4-6-10-18/h2,7-8,11,24H,1,3-6,9-10,12H2,(H,20,23)(H,21,22). The molecular weight excluding hydrogens is 311 g/mol. The highest BCUT2D eigenvalue weighted by Gasteiger charge is 2.30. The van der Waals surface area contributed by atoms with Gasteiger partial charge in [-0.05, 0) is 37.1 Å². The summed E-state index contributed by atoms with van der Waals surface area (Å²) in [5.41, 5.74) is -0.649. The summed E-state index contributed by atoms with van der Waals surface area (Å²) in [6, 6.07) is 3.91. The lowest BCUT2D eigenvalue weighted by Crippen LogP contribution is -2.33. The van der Waals surface area contributed by atoms with Crippen LogP contribution < -0.4 is 10.6 Å². The maximum absolute atomic E-state index is 13.7. The largest absolute Gasteiger partial charge is 0.389 e. The van der Waals surface area contributed by atoms with Crippen molar-refractivity contribution in [2.75, 3.05) is 10.6 Å². The highest BCUT2D eigenvalue weighted by Crippen LogP contribution is 2.30. The van der Waals surface area contributed by atoms with Crippen LogP contribution >= 0.6 is 0 Å². The van der Waals surface area contributed by atoms with E-state index < -0.39 is 17.3 Å². The first kappa shape index (κ1) is 18.1. The number of anilines is 2. The molecule has 1 fully saturated rings. The lowest BCUT2D eigenvalue weighted by atomic mass is 9.90. The Morgan fingerprint density at radius 3 is 2.50 bits per heavy atom. The predicted molar refractivity (Wildman–Crippen MR) is 91.1 cm³/mol. The minimum atomic E-state index is -0.972. The Balaban J connectivity index is 2.01. The van der Waals surface area contributed by atoms with E-state index in [-0.39, 0.29) is 18.0 Å². The topological polar surface area (TPSA) is 78.4 Å². The third kappa shape index (κ3) is 5.16. The summed E-state index contributed by atoms with van der Waals surface area (Å²) in [6.07, 6.45) is 6.26. The third-order valence-electron chi connectivity index (χ3n) is 4.22. The molecule has 1 aromatic carbocycles. The summed E-state index contributed by atoms with van der Waals surface area (Å²) < 4.78 is 13.7. The lowest BCUT2D eigenvalue weighted by molar-refractivity contribution is -0.121. The van der Waals surface area contributed by atoms with Crippen molar-refractivity contribution in [2.45, 2.75) is 50.5 Å². The van der Waals surface area contributed by atoms with E-state index in [2.05, 4.69) is 17.2 Å². The van der Waals surface area contributed by atoms with Crippen molar-refractivity contribution in [3.05, 3.63) is 36.7 Å². The second-order valence-corrected chi connectivity index (χ2v) is 6.25. The highest BCUT2D eigenvalue weighted by molar-refractivity contribution is 5.99. The number of carbonyl (C=O) groups excluding carboxylic acids is 2. The van der Waals surface area contributed by atoms with E-state index in [1.807, 2.05) is 0 Å². The normalized spacial score (nSPS) is 16.8. The molecule has 1 saturated carbocycles. The van der Waals surface area contributed by atoms with Gasteiger partial charge in [0.1, 0.15) is 5.82 Å². The van der Waals surface area contributed by atoms with Crippen LogP contribution in [-0.2, 0) is 9.59 Å². The average Bonchev–Trinajstić information content (AvgIpc) is 2.74. The number of nitrogens with one attached hydrogen (secondary N) is 2. The molecule has 0 unspecified atom stereocenters. The number of halogens is 1. The molecule has 1 aromatic rings. The molecular formula is C18H23FN2O3. The molecule has 2 rings (SSSR count). The highest BCUT2D eigenvalue weighted by atomic mass is 19.1. The molecule has 130 valence electrons. The molecule has 0 aromatic heterocycles. The Hall–Kier alpha value is -2.21. The van der Waals surface area contributed by atoms with E-state index in [1.54, 1.807) is 0 Å². The lowest BCUT2D eigenvalue weighted by Gasteiger charge is -2.25. The molecule has 1 aliphatic carbocycles. The number of amides is 2. The van der Waals surface area contributed by atoms with Crippen LogP contribution in [0.1, 0.15) is 44.9 Å². The van der Waals surface area contributed by atoms with E-state index in [1.165, 1.54) is 12.1 Å². The van der Waals surface area contributed by atoms with Crippen molar-refractivity contribution in [2.24, 2.45) is 0 Å². The van der Waals surface area contributed by atoms with Crippen molar-refractivity contribution >= 4 is 23.2 Å². The zero-order valence-corrected chi connectivity index (χ0v) is 13.6. The molecule has 0 atom stereocenters. The molecule has 6 heteroatoms. The molecule has 0 spiro atoms. The third-order valence-corrected chi connectivity index (χ3v) is 4.22. The minimum absolute atomic E-state index is 0.0126. The van der Waals surface area contributed by atoms with Crippen LogP contribution in [-0.4, -0.2) is 22.5 Å². The zero-order chi connectivity index (χ0) is 17.6. The number of hydrogen-bond donors (Lipinski definition) is 3. The monoisotopic (exact) mass is 334 g/mol. The van der Waals surface area contributed by atoms with Gasteiger partial charge in [0, 0.05) is 5.69 Å². The van der Waals surface area contributed by atoms with E-state index in [4.69, 9.17) is 0 Å². The van der Waals surface area contributed by atoms with Crippen LogP contribution in [0.4, 0.5) is 15.8 Å². The number of carbonyl (C=O) groups is 2. The summed E-state index contributed by atoms with van der Waals surface area (Å²) in [7, 11) is 0. The van der Waals surface area contributed by atoms with Crippen molar-refractivity contribution in [1.29, 1.82) is 0 Å². The Labute approximate surface area is 140 Å². The van der Waals surface area contributed by atoms with Crippen LogP contribution in [0.3, 0.4) is 0 Å². The predicted octanol–water partition coefficient (Wildman–Crippen LogP) is 3.36. The van der Waals surface area contributed by atoms with E-state index in [0.29, 0.717) is 18.5 Å². The molecule has 0 radical (unpaired) electrons. The Bertz CT molecular complexity index is 623. The first-order valence-corrected chi connectivity index (χ1v) is 8.17. The maximum Gasteiger partial charge on any atom is 0.247 e. The summed E-state index contributed by atoms with van der Waals surface area (Å²) in [5, 5.41) is 15.5. The fraction of sp³-hybridized carbons (Fsp3) is 0.444. The second-order valence-electron chi connectivity index (χ2n) is 6.25. The fourth-order valence-corrected chi connectivity index (χ4v) is 2.95. The first-order chi connectivity index (χ1) is 11.4. The Morgan fingerprint density at radius 1 is 1.21 bits per heavy atom. The van der Waals surface area contributed by atoms with Gasteiger partial charge in [-0.2, -0.15) is 0 Å². The van der Waals surface area contributed by atoms with Gasteiger partial charge in [0.2, 0.25) is 11.8 Å². The summed E-state index contributed by atoms with van der Waals surface area (Å²) in [5.74, 6) is -1.47. The quantitative estimate of drug-likeness (QED) is 0.571. The van der Waals surface area contributed by atoms with Crippen LogP contribution in [0, 0.1) is 5.82 Å². The average molecular weight is 334 g/mol. The van der Waals surface area contributed by atoms with Crippen molar-refractivity contribution < 1.29 is 19.1 Å².